The van der Waals surface area contributed by atoms with Crippen molar-refractivity contribution in [2.24, 2.45) is 17.3 Å². The molecule has 1 saturated heterocycles. The summed E-state index contributed by atoms with van der Waals surface area (Å²) in [5, 5.41) is 10.3. The molecular formula is C18H32N2O3. The van der Waals surface area contributed by atoms with Gasteiger partial charge in [-0.3, -0.25) is 9.69 Å². The maximum absolute atomic E-state index is 12.7. The average Bonchev–Trinajstić information content (AvgIpc) is 2.98. The smallest absolute Gasteiger partial charge is 0.226 e. The Kier molecular flexibility index (Phi) is 5.87. The maximum atomic E-state index is 12.7. The zero-order valence-corrected chi connectivity index (χ0v) is 15.2. The molecule has 132 valence electrons. The molecule has 5 heteroatoms. The van der Waals surface area contributed by atoms with Crippen molar-refractivity contribution in [2.45, 2.75) is 33.8 Å². The second kappa shape index (κ2) is 7.32. The van der Waals surface area contributed by atoms with Crippen molar-refractivity contribution in [3.63, 3.8) is 0 Å². The molecule has 1 heterocycles. The van der Waals surface area contributed by atoms with Gasteiger partial charge >= 0.3 is 0 Å². The van der Waals surface area contributed by atoms with Crippen molar-refractivity contribution in [2.75, 3.05) is 46.4 Å². The topological polar surface area (TPSA) is 53.0 Å². The van der Waals surface area contributed by atoms with Crippen molar-refractivity contribution in [3.05, 3.63) is 11.6 Å². The van der Waals surface area contributed by atoms with Gasteiger partial charge in [0.05, 0.1) is 25.2 Å². The Balaban J connectivity index is 1.84. The molecule has 0 aromatic rings. The fraction of sp³-hybridized carbons (Fsp3) is 0.833. The van der Waals surface area contributed by atoms with E-state index in [1.54, 1.807) is 11.9 Å². The number of aliphatic hydroxyl groups is 1. The molecule has 1 amide bonds. The summed E-state index contributed by atoms with van der Waals surface area (Å²) in [6, 6.07) is 0. The van der Waals surface area contributed by atoms with E-state index in [-0.39, 0.29) is 17.2 Å². The van der Waals surface area contributed by atoms with Crippen LogP contribution in [0.1, 0.15) is 27.7 Å². The number of carbonyl (C=O) groups is 1. The lowest BCUT2D eigenvalue weighted by atomic mass is 10.1. The Morgan fingerprint density at radius 1 is 1.39 bits per heavy atom. The molecule has 0 spiro atoms. The molecule has 1 saturated carbocycles. The van der Waals surface area contributed by atoms with E-state index < -0.39 is 6.10 Å². The highest BCUT2D eigenvalue weighted by molar-refractivity contribution is 5.83. The summed E-state index contributed by atoms with van der Waals surface area (Å²) in [7, 11) is 1.80. The lowest BCUT2D eigenvalue weighted by Gasteiger charge is -2.30. The molecule has 23 heavy (non-hydrogen) atoms. The molecule has 2 fully saturated rings. The minimum Gasteiger partial charge on any atom is -0.390 e. The predicted molar refractivity (Wildman–Crippen MR) is 91.1 cm³/mol. The van der Waals surface area contributed by atoms with Gasteiger partial charge in [-0.2, -0.15) is 0 Å². The largest absolute Gasteiger partial charge is 0.390 e. The SMILES string of the molecule is CC(C)=CC1C(C(=O)N(C)CC(O)CN2CCOCC2)C1(C)C. The number of morpholine rings is 1. The Labute approximate surface area is 140 Å². The van der Waals surface area contributed by atoms with Crippen LogP contribution in [-0.2, 0) is 9.53 Å². The number of nitrogens with zero attached hydrogens (tertiary/aromatic N) is 2. The number of hydrogen-bond donors (Lipinski definition) is 1. The lowest BCUT2D eigenvalue weighted by molar-refractivity contribution is -0.133. The molecule has 0 bridgehead atoms. The number of allylic oxidation sites excluding steroid dienone is 2. The van der Waals surface area contributed by atoms with Gasteiger partial charge in [0.15, 0.2) is 0 Å². The summed E-state index contributed by atoms with van der Waals surface area (Å²) in [6.45, 7) is 12.6. The number of aliphatic hydroxyl groups excluding tert-OH is 1. The fourth-order valence-corrected chi connectivity index (χ4v) is 3.60. The van der Waals surface area contributed by atoms with Gasteiger partial charge in [-0.15, -0.1) is 0 Å². The van der Waals surface area contributed by atoms with Crippen molar-refractivity contribution in [1.29, 1.82) is 0 Å². The number of rotatable bonds is 6. The summed E-state index contributed by atoms with van der Waals surface area (Å²) in [5.41, 5.74) is 1.28. The second-order valence-electron chi connectivity index (χ2n) is 7.85. The van der Waals surface area contributed by atoms with E-state index in [9.17, 15) is 9.90 Å². The van der Waals surface area contributed by atoms with Crippen LogP contribution in [0.5, 0.6) is 0 Å². The number of ether oxygens (including phenoxy) is 1. The maximum Gasteiger partial charge on any atom is 0.226 e. The Hall–Kier alpha value is -0.910. The van der Waals surface area contributed by atoms with Crippen molar-refractivity contribution in [1.82, 2.24) is 9.80 Å². The van der Waals surface area contributed by atoms with Gasteiger partial charge in [0.1, 0.15) is 0 Å². The third-order valence-corrected chi connectivity index (χ3v) is 5.12. The van der Waals surface area contributed by atoms with Gasteiger partial charge in [-0.05, 0) is 25.2 Å². The first kappa shape index (κ1) is 18.4. The first-order chi connectivity index (χ1) is 10.7. The molecule has 1 aliphatic carbocycles. The average molecular weight is 324 g/mol. The van der Waals surface area contributed by atoms with E-state index in [4.69, 9.17) is 4.74 Å². The lowest BCUT2D eigenvalue weighted by Crippen LogP contribution is -2.45. The molecule has 2 rings (SSSR count). The van der Waals surface area contributed by atoms with Crippen LogP contribution < -0.4 is 0 Å². The minimum atomic E-state index is -0.509. The van der Waals surface area contributed by atoms with E-state index >= 15 is 0 Å². The van der Waals surface area contributed by atoms with Crippen LogP contribution in [0.25, 0.3) is 0 Å². The summed E-state index contributed by atoms with van der Waals surface area (Å²) in [6.07, 6.45) is 1.70. The van der Waals surface area contributed by atoms with Gasteiger partial charge in [0.25, 0.3) is 0 Å². The summed E-state index contributed by atoms with van der Waals surface area (Å²) < 4.78 is 5.31. The van der Waals surface area contributed by atoms with Crippen molar-refractivity contribution >= 4 is 5.91 Å². The van der Waals surface area contributed by atoms with Gasteiger partial charge in [0.2, 0.25) is 5.91 Å². The first-order valence-corrected chi connectivity index (χ1v) is 8.61. The third-order valence-electron chi connectivity index (χ3n) is 5.12. The summed E-state index contributed by atoms with van der Waals surface area (Å²) in [5.74, 6) is 0.510. The molecule has 3 atom stereocenters. The number of hydrogen-bond acceptors (Lipinski definition) is 4. The monoisotopic (exact) mass is 324 g/mol. The van der Waals surface area contributed by atoms with E-state index in [0.29, 0.717) is 19.0 Å². The fourth-order valence-electron chi connectivity index (χ4n) is 3.60. The number of carbonyl (C=O) groups excluding carboxylic acids is 1. The molecular weight excluding hydrogens is 292 g/mol. The molecule has 0 aromatic heterocycles. The molecule has 3 unspecified atom stereocenters. The highest BCUT2D eigenvalue weighted by Crippen LogP contribution is 2.59. The van der Waals surface area contributed by atoms with E-state index in [0.717, 1.165) is 26.3 Å². The highest BCUT2D eigenvalue weighted by Gasteiger charge is 2.60. The van der Waals surface area contributed by atoms with Gasteiger partial charge < -0.3 is 14.7 Å². The van der Waals surface area contributed by atoms with Crippen LogP contribution in [0.4, 0.5) is 0 Å². The normalized spacial score (nSPS) is 28.1. The zero-order valence-electron chi connectivity index (χ0n) is 15.2. The molecule has 5 nitrogen and oxygen atoms in total. The Morgan fingerprint density at radius 2 is 2.00 bits per heavy atom. The first-order valence-electron chi connectivity index (χ1n) is 8.61. The quantitative estimate of drug-likeness (QED) is 0.750. The standard InChI is InChI=1S/C18H32N2O3/c1-13(2)10-15-16(18(15,3)4)17(22)19(5)11-14(21)12-20-6-8-23-9-7-20/h10,14-16,21H,6-9,11-12H2,1-5H3. The van der Waals surface area contributed by atoms with E-state index in [1.165, 1.54) is 5.57 Å². The van der Waals surface area contributed by atoms with E-state index in [1.807, 2.05) is 0 Å². The number of amides is 1. The predicted octanol–water partition coefficient (Wildman–Crippen LogP) is 1.38. The van der Waals surface area contributed by atoms with Crippen LogP contribution in [0.15, 0.2) is 11.6 Å². The molecule has 1 N–H and O–H groups in total. The highest BCUT2D eigenvalue weighted by atomic mass is 16.5. The Bertz CT molecular complexity index is 451. The minimum absolute atomic E-state index is 0.0256. The van der Waals surface area contributed by atoms with Crippen molar-refractivity contribution in [3.8, 4) is 0 Å². The van der Waals surface area contributed by atoms with Crippen molar-refractivity contribution < 1.29 is 14.6 Å². The van der Waals surface area contributed by atoms with Gasteiger partial charge in [-0.1, -0.05) is 25.5 Å². The van der Waals surface area contributed by atoms with Crippen LogP contribution >= 0.6 is 0 Å². The van der Waals surface area contributed by atoms with Crippen LogP contribution in [0, 0.1) is 17.3 Å². The molecule has 0 radical (unpaired) electrons. The second-order valence-corrected chi connectivity index (χ2v) is 7.85. The van der Waals surface area contributed by atoms with Crippen LogP contribution in [0.2, 0.25) is 0 Å². The number of β-amino-alcohol motifs (C(OH)–C–C–N with tert-alkyl or cyclic N) is 1. The molecule has 1 aliphatic heterocycles. The van der Waals surface area contributed by atoms with E-state index in [2.05, 4.69) is 38.7 Å². The summed E-state index contributed by atoms with van der Waals surface area (Å²) in [4.78, 5) is 16.6. The van der Waals surface area contributed by atoms with Gasteiger partial charge in [0, 0.05) is 33.2 Å². The van der Waals surface area contributed by atoms with Crippen LogP contribution in [-0.4, -0.2) is 73.4 Å². The molecule has 0 aromatic carbocycles. The Morgan fingerprint density at radius 3 is 2.57 bits per heavy atom. The zero-order chi connectivity index (χ0) is 17.2. The third kappa shape index (κ3) is 4.55. The summed E-state index contributed by atoms with van der Waals surface area (Å²) >= 11 is 0. The van der Waals surface area contributed by atoms with Gasteiger partial charge in [-0.25, -0.2) is 0 Å². The molecule has 2 aliphatic rings. The van der Waals surface area contributed by atoms with Crippen LogP contribution in [0.3, 0.4) is 0 Å². The number of likely N-dealkylation sites (N-methyl/N-ethyl adjacent to an activating group) is 1.